The molecule has 1 aliphatic carbocycles. The molecule has 1 heterocycles. The fourth-order valence-corrected chi connectivity index (χ4v) is 2.98. The van der Waals surface area contributed by atoms with Gasteiger partial charge in [-0.1, -0.05) is 25.7 Å². The molecule has 0 radical (unpaired) electrons. The first-order valence-electron chi connectivity index (χ1n) is 6.32. The summed E-state index contributed by atoms with van der Waals surface area (Å²) in [5, 5.41) is 19.3. The van der Waals surface area contributed by atoms with Crippen LogP contribution in [-0.2, 0) is 0 Å². The summed E-state index contributed by atoms with van der Waals surface area (Å²) in [7, 11) is 0. The van der Waals surface area contributed by atoms with Gasteiger partial charge in [-0.15, -0.1) is 0 Å². The van der Waals surface area contributed by atoms with Crippen LogP contribution in [0, 0.1) is 5.92 Å². The number of β-amino-alcohol motifs (C(OH)–C–C–N with tert-alkyl or cyclic N) is 2. The Bertz CT molecular complexity index is 192. The maximum Gasteiger partial charge on any atom is 0.0679 e. The van der Waals surface area contributed by atoms with Crippen molar-refractivity contribution in [3.63, 3.8) is 0 Å². The Balaban J connectivity index is 1.65. The van der Waals surface area contributed by atoms with E-state index in [2.05, 4.69) is 4.90 Å². The highest BCUT2D eigenvalue weighted by Gasteiger charge is 2.24. The van der Waals surface area contributed by atoms with Crippen molar-refractivity contribution in [2.75, 3.05) is 19.6 Å². The quantitative estimate of drug-likeness (QED) is 0.732. The Labute approximate surface area is 92.1 Å². The highest BCUT2D eigenvalue weighted by atomic mass is 16.3. The second-order valence-corrected chi connectivity index (χ2v) is 5.24. The van der Waals surface area contributed by atoms with Crippen LogP contribution in [0.1, 0.15) is 38.5 Å². The Morgan fingerprint density at radius 1 is 1.20 bits per heavy atom. The van der Waals surface area contributed by atoms with Gasteiger partial charge < -0.3 is 10.2 Å². The van der Waals surface area contributed by atoms with E-state index in [0.717, 1.165) is 38.4 Å². The van der Waals surface area contributed by atoms with E-state index in [-0.39, 0.29) is 12.2 Å². The summed E-state index contributed by atoms with van der Waals surface area (Å²) in [6.45, 7) is 2.46. The molecule has 88 valence electrons. The molecule has 0 spiro atoms. The first kappa shape index (κ1) is 11.4. The van der Waals surface area contributed by atoms with Crippen LogP contribution in [0.5, 0.6) is 0 Å². The van der Waals surface area contributed by atoms with Gasteiger partial charge in [0.25, 0.3) is 0 Å². The highest BCUT2D eigenvalue weighted by Crippen LogP contribution is 2.28. The Morgan fingerprint density at radius 3 is 2.53 bits per heavy atom. The Morgan fingerprint density at radius 2 is 1.93 bits per heavy atom. The second kappa shape index (κ2) is 5.28. The zero-order valence-electron chi connectivity index (χ0n) is 9.44. The molecular formula is C12H23NO2. The average molecular weight is 213 g/mol. The summed E-state index contributed by atoms with van der Waals surface area (Å²) in [6, 6.07) is 0. The molecule has 0 amide bonds. The lowest BCUT2D eigenvalue weighted by atomic mass is 10.00. The van der Waals surface area contributed by atoms with Crippen molar-refractivity contribution in [2.45, 2.75) is 50.7 Å². The van der Waals surface area contributed by atoms with Crippen molar-refractivity contribution in [3.8, 4) is 0 Å². The minimum Gasteiger partial charge on any atom is -0.392 e. The predicted octanol–water partition coefficient (Wildman–Crippen LogP) is 0.994. The fourth-order valence-electron chi connectivity index (χ4n) is 2.98. The molecule has 15 heavy (non-hydrogen) atoms. The first-order chi connectivity index (χ1) is 7.24. The van der Waals surface area contributed by atoms with Gasteiger partial charge in [-0.05, 0) is 18.8 Å². The minimum absolute atomic E-state index is 0.163. The minimum atomic E-state index is -0.182. The van der Waals surface area contributed by atoms with Gasteiger partial charge in [-0.3, -0.25) is 4.90 Å². The average Bonchev–Trinajstić information content (AvgIpc) is 2.77. The molecule has 2 rings (SSSR count). The lowest BCUT2D eigenvalue weighted by Crippen LogP contribution is -2.32. The summed E-state index contributed by atoms with van der Waals surface area (Å²) < 4.78 is 0. The maximum atomic E-state index is 9.93. The zero-order chi connectivity index (χ0) is 10.7. The Hall–Kier alpha value is -0.120. The van der Waals surface area contributed by atoms with Crippen LogP contribution in [0.15, 0.2) is 0 Å². The van der Waals surface area contributed by atoms with Gasteiger partial charge in [0.1, 0.15) is 0 Å². The molecule has 0 aromatic carbocycles. The van der Waals surface area contributed by atoms with E-state index < -0.39 is 0 Å². The van der Waals surface area contributed by atoms with Gasteiger partial charge in [0.15, 0.2) is 0 Å². The molecule has 2 atom stereocenters. The topological polar surface area (TPSA) is 43.7 Å². The Kier molecular flexibility index (Phi) is 4.00. The molecule has 2 unspecified atom stereocenters. The van der Waals surface area contributed by atoms with Crippen LogP contribution in [-0.4, -0.2) is 47.0 Å². The van der Waals surface area contributed by atoms with Gasteiger partial charge in [0.05, 0.1) is 12.2 Å². The van der Waals surface area contributed by atoms with Gasteiger partial charge in [-0.2, -0.15) is 0 Å². The molecule has 3 nitrogen and oxygen atoms in total. The first-order valence-corrected chi connectivity index (χ1v) is 6.32. The van der Waals surface area contributed by atoms with E-state index in [1.807, 2.05) is 0 Å². The lowest BCUT2D eigenvalue weighted by Gasteiger charge is -2.21. The highest BCUT2D eigenvalue weighted by molar-refractivity contribution is 4.78. The standard InChI is InChI=1S/C12H23NO2/c14-11-5-6-13(8-11)9-12(15)7-10-3-1-2-4-10/h10-12,14-15H,1-9H2. The summed E-state index contributed by atoms with van der Waals surface area (Å²) in [5.74, 6) is 0.757. The normalized spacial score (nSPS) is 31.2. The number of hydrogen-bond acceptors (Lipinski definition) is 3. The van der Waals surface area contributed by atoms with E-state index in [0.29, 0.717) is 0 Å². The van der Waals surface area contributed by atoms with E-state index in [1.165, 1.54) is 25.7 Å². The largest absolute Gasteiger partial charge is 0.392 e. The molecule has 2 aliphatic rings. The summed E-state index contributed by atoms with van der Waals surface area (Å²) in [6.07, 6.45) is 6.80. The van der Waals surface area contributed by atoms with E-state index >= 15 is 0 Å². The summed E-state index contributed by atoms with van der Waals surface area (Å²) in [5.41, 5.74) is 0. The third-order valence-corrected chi connectivity index (χ3v) is 3.80. The number of hydrogen-bond donors (Lipinski definition) is 2. The van der Waals surface area contributed by atoms with Crippen LogP contribution in [0.3, 0.4) is 0 Å². The SMILES string of the molecule is OC1CCN(CC(O)CC2CCCC2)C1. The molecule has 1 aliphatic heterocycles. The number of likely N-dealkylation sites (tertiary alicyclic amines) is 1. The maximum absolute atomic E-state index is 9.93. The molecule has 2 N–H and O–H groups in total. The second-order valence-electron chi connectivity index (χ2n) is 5.24. The number of rotatable bonds is 4. The van der Waals surface area contributed by atoms with Gasteiger partial charge in [0, 0.05) is 19.6 Å². The zero-order valence-corrected chi connectivity index (χ0v) is 9.44. The third-order valence-electron chi connectivity index (χ3n) is 3.80. The summed E-state index contributed by atoms with van der Waals surface area (Å²) in [4.78, 5) is 2.18. The predicted molar refractivity (Wildman–Crippen MR) is 59.6 cm³/mol. The van der Waals surface area contributed by atoms with Crippen molar-refractivity contribution in [3.05, 3.63) is 0 Å². The van der Waals surface area contributed by atoms with E-state index in [9.17, 15) is 10.2 Å². The molecule has 2 fully saturated rings. The lowest BCUT2D eigenvalue weighted by molar-refractivity contribution is 0.0932. The van der Waals surface area contributed by atoms with Gasteiger partial charge in [-0.25, -0.2) is 0 Å². The fraction of sp³-hybridized carbons (Fsp3) is 1.00. The molecule has 0 aromatic heterocycles. The molecular weight excluding hydrogens is 190 g/mol. The van der Waals surface area contributed by atoms with Crippen LogP contribution >= 0.6 is 0 Å². The van der Waals surface area contributed by atoms with Gasteiger partial charge in [0.2, 0.25) is 0 Å². The molecule has 0 aromatic rings. The number of nitrogens with zero attached hydrogens (tertiary/aromatic N) is 1. The smallest absolute Gasteiger partial charge is 0.0679 e. The van der Waals surface area contributed by atoms with Crippen molar-refractivity contribution in [1.82, 2.24) is 4.90 Å². The monoisotopic (exact) mass is 213 g/mol. The number of aliphatic hydroxyl groups excluding tert-OH is 2. The van der Waals surface area contributed by atoms with Crippen LogP contribution in [0.25, 0.3) is 0 Å². The molecule has 1 saturated carbocycles. The van der Waals surface area contributed by atoms with Crippen molar-refractivity contribution < 1.29 is 10.2 Å². The molecule has 0 bridgehead atoms. The molecule has 3 heteroatoms. The van der Waals surface area contributed by atoms with E-state index in [1.54, 1.807) is 0 Å². The van der Waals surface area contributed by atoms with Crippen molar-refractivity contribution >= 4 is 0 Å². The van der Waals surface area contributed by atoms with Crippen LogP contribution in [0.2, 0.25) is 0 Å². The third kappa shape index (κ3) is 3.44. The van der Waals surface area contributed by atoms with Crippen LogP contribution in [0.4, 0.5) is 0 Å². The van der Waals surface area contributed by atoms with E-state index in [4.69, 9.17) is 0 Å². The number of aliphatic hydroxyl groups is 2. The van der Waals surface area contributed by atoms with Gasteiger partial charge >= 0.3 is 0 Å². The molecule has 1 saturated heterocycles. The van der Waals surface area contributed by atoms with Crippen LogP contribution < -0.4 is 0 Å². The van der Waals surface area contributed by atoms with Crippen molar-refractivity contribution in [2.24, 2.45) is 5.92 Å². The summed E-state index contributed by atoms with van der Waals surface area (Å²) >= 11 is 0. The van der Waals surface area contributed by atoms with Crippen molar-refractivity contribution in [1.29, 1.82) is 0 Å².